The van der Waals surface area contributed by atoms with Gasteiger partial charge in [-0.2, -0.15) is 0 Å². The fourth-order valence-electron chi connectivity index (χ4n) is 4.34. The fourth-order valence-corrected chi connectivity index (χ4v) is 5.48. The van der Waals surface area contributed by atoms with Crippen LogP contribution in [0.1, 0.15) is 42.1 Å². The van der Waals surface area contributed by atoms with Crippen LogP contribution < -0.4 is 16.0 Å². The number of carbonyl (C=O) groups is 1. The molecule has 1 atom stereocenters. The number of carbonyl (C=O) groups excluding carboxylic acids is 1. The molecule has 1 saturated heterocycles. The number of rotatable bonds is 8. The maximum atomic E-state index is 12.7. The number of fused-ring (bicyclic) bond motifs is 1. The number of halogens is 3. The predicted octanol–water partition coefficient (Wildman–Crippen LogP) is 4.92. The van der Waals surface area contributed by atoms with Gasteiger partial charge in [-0.1, -0.05) is 6.07 Å². The first-order valence-corrected chi connectivity index (χ1v) is 12.8. The molecule has 1 aliphatic heterocycles. The molecule has 11 heteroatoms. The van der Waals surface area contributed by atoms with E-state index in [0.29, 0.717) is 18.0 Å². The summed E-state index contributed by atoms with van der Waals surface area (Å²) in [5.41, 5.74) is 2.71. The second-order valence-corrected chi connectivity index (χ2v) is 10.3. The Morgan fingerprint density at radius 2 is 2.06 bits per heavy atom. The molecule has 2 fully saturated rings. The number of hydrogen-bond acceptors (Lipinski definition) is 7. The first-order chi connectivity index (χ1) is 16.1. The lowest BCUT2D eigenvalue weighted by Gasteiger charge is -2.33. The molecule has 3 N–H and O–H groups in total. The van der Waals surface area contributed by atoms with Gasteiger partial charge in [0.25, 0.3) is 5.91 Å². The molecule has 3 aromatic rings. The number of anilines is 1. The monoisotopic (exact) mass is 572 g/mol. The van der Waals surface area contributed by atoms with E-state index >= 15 is 0 Å². The van der Waals surface area contributed by atoms with E-state index < -0.39 is 0 Å². The van der Waals surface area contributed by atoms with Crippen molar-refractivity contribution in [2.75, 3.05) is 38.0 Å². The van der Waals surface area contributed by atoms with E-state index in [0.717, 1.165) is 83.8 Å². The Morgan fingerprint density at radius 3 is 2.81 bits per heavy atom. The first-order valence-electron chi connectivity index (χ1n) is 11.9. The van der Waals surface area contributed by atoms with Crippen LogP contribution in [0.3, 0.4) is 0 Å². The predicted molar refractivity (Wildman–Crippen MR) is 157 cm³/mol. The van der Waals surface area contributed by atoms with E-state index in [1.807, 2.05) is 25.3 Å². The molecule has 198 valence electrons. The molecule has 2 aliphatic rings. The summed E-state index contributed by atoms with van der Waals surface area (Å²) < 4.78 is 1.10. The molecule has 1 aromatic carbocycles. The van der Waals surface area contributed by atoms with Crippen molar-refractivity contribution in [1.82, 2.24) is 25.5 Å². The largest absolute Gasteiger partial charge is 0.354 e. The second kappa shape index (κ2) is 13.7. The van der Waals surface area contributed by atoms with Crippen LogP contribution in [0.4, 0.5) is 5.95 Å². The molecule has 2 aromatic heterocycles. The zero-order chi connectivity index (χ0) is 22.8. The van der Waals surface area contributed by atoms with Gasteiger partial charge in [-0.25, -0.2) is 9.97 Å². The Labute approximate surface area is 235 Å². The van der Waals surface area contributed by atoms with Crippen molar-refractivity contribution in [3.8, 4) is 10.6 Å². The van der Waals surface area contributed by atoms with Crippen LogP contribution in [-0.2, 0) is 0 Å². The van der Waals surface area contributed by atoms with E-state index in [1.165, 1.54) is 0 Å². The molecule has 0 unspecified atom stereocenters. The van der Waals surface area contributed by atoms with Crippen LogP contribution in [0.2, 0.25) is 0 Å². The number of benzene rings is 1. The smallest absolute Gasteiger partial charge is 0.252 e. The van der Waals surface area contributed by atoms with Gasteiger partial charge < -0.3 is 16.0 Å². The van der Waals surface area contributed by atoms with Gasteiger partial charge in [-0.05, 0) is 56.9 Å². The third-order valence-corrected chi connectivity index (χ3v) is 7.57. The van der Waals surface area contributed by atoms with Crippen LogP contribution in [0.15, 0.2) is 30.5 Å². The average molecular weight is 574 g/mol. The molecule has 0 radical (unpaired) electrons. The normalized spacial score (nSPS) is 17.4. The Bertz CT molecular complexity index is 1160. The highest BCUT2D eigenvalue weighted by Gasteiger charge is 2.25. The summed E-state index contributed by atoms with van der Waals surface area (Å²) in [5.74, 6) is 0.682. The quantitative estimate of drug-likeness (QED) is 0.332. The SMILES string of the molecule is Cc1cnc(NCCCN2CCNC[C@H]2C)nc1-c1cc2c(C(=O)NC3CC3)cccc2s1.Cl.Cl.Cl. The van der Waals surface area contributed by atoms with Crippen LogP contribution in [0, 0.1) is 6.92 Å². The molecule has 1 amide bonds. The second-order valence-electron chi connectivity index (χ2n) is 9.17. The topological polar surface area (TPSA) is 82.2 Å². The minimum absolute atomic E-state index is 0. The molecule has 7 nitrogen and oxygen atoms in total. The lowest BCUT2D eigenvalue weighted by atomic mass is 10.1. The molecule has 5 rings (SSSR count). The zero-order valence-electron chi connectivity index (χ0n) is 20.6. The Morgan fingerprint density at radius 1 is 1.25 bits per heavy atom. The summed E-state index contributed by atoms with van der Waals surface area (Å²) in [7, 11) is 0. The van der Waals surface area contributed by atoms with E-state index in [4.69, 9.17) is 4.98 Å². The number of piperazine rings is 1. The number of nitrogens with zero attached hydrogens (tertiary/aromatic N) is 3. The molecule has 0 bridgehead atoms. The van der Waals surface area contributed by atoms with Crippen molar-refractivity contribution in [2.24, 2.45) is 0 Å². The summed E-state index contributed by atoms with van der Waals surface area (Å²) >= 11 is 1.68. The number of hydrogen-bond donors (Lipinski definition) is 3. The number of thiophene rings is 1. The van der Waals surface area contributed by atoms with Gasteiger partial charge in [-0.15, -0.1) is 48.6 Å². The minimum atomic E-state index is 0. The lowest BCUT2D eigenvalue weighted by Crippen LogP contribution is -2.50. The van der Waals surface area contributed by atoms with Crippen molar-refractivity contribution in [2.45, 2.75) is 45.2 Å². The summed E-state index contributed by atoms with van der Waals surface area (Å²) in [5, 5.41) is 10.9. The summed E-state index contributed by atoms with van der Waals surface area (Å²) in [6.07, 6.45) is 5.11. The van der Waals surface area contributed by atoms with Crippen molar-refractivity contribution in [3.63, 3.8) is 0 Å². The average Bonchev–Trinajstić information content (AvgIpc) is 3.52. The number of nitrogens with one attached hydrogen (secondary N) is 3. The number of aromatic nitrogens is 2. The van der Waals surface area contributed by atoms with Crippen LogP contribution >= 0.6 is 48.6 Å². The highest BCUT2D eigenvalue weighted by Crippen LogP contribution is 2.36. The molecule has 3 heterocycles. The lowest BCUT2D eigenvalue weighted by molar-refractivity contribution is 0.0952. The summed E-state index contributed by atoms with van der Waals surface area (Å²) in [6.45, 7) is 9.49. The summed E-state index contributed by atoms with van der Waals surface area (Å²) in [4.78, 5) is 25.6. The molecular weight excluding hydrogens is 539 g/mol. The van der Waals surface area contributed by atoms with Gasteiger partial charge in [0.2, 0.25) is 5.95 Å². The van der Waals surface area contributed by atoms with Crippen molar-refractivity contribution >= 4 is 70.5 Å². The van der Waals surface area contributed by atoms with Crippen molar-refractivity contribution < 1.29 is 4.79 Å². The van der Waals surface area contributed by atoms with Gasteiger partial charge in [0, 0.05) is 66.7 Å². The van der Waals surface area contributed by atoms with E-state index in [1.54, 1.807) is 11.3 Å². The number of aryl methyl sites for hydroxylation is 1. The third kappa shape index (κ3) is 7.21. The third-order valence-electron chi connectivity index (χ3n) is 6.47. The maximum Gasteiger partial charge on any atom is 0.252 e. The minimum Gasteiger partial charge on any atom is -0.354 e. The van der Waals surface area contributed by atoms with Gasteiger partial charge in [0.1, 0.15) is 0 Å². The molecule has 0 spiro atoms. The summed E-state index contributed by atoms with van der Waals surface area (Å²) in [6, 6.07) is 8.99. The highest BCUT2D eigenvalue weighted by molar-refractivity contribution is 7.22. The van der Waals surface area contributed by atoms with Gasteiger partial charge in [-0.3, -0.25) is 9.69 Å². The van der Waals surface area contributed by atoms with Crippen molar-refractivity contribution in [3.05, 3.63) is 41.6 Å². The standard InChI is InChI=1S/C25H32N6OS.3ClH/c1-16-14-28-25(27-9-4-11-31-12-10-26-15-17(31)2)30-23(16)22-13-20-19(5-3-6-21(20)33-22)24(32)29-18-7-8-18;;;/h3,5-6,13-14,17-18,26H,4,7-12,15H2,1-2H3,(H,29,32)(H,27,28,30);3*1H/t17-;;;/m1.../s1. The number of amides is 1. The Kier molecular flexibility index (Phi) is 11.7. The molecular formula is C25H35Cl3N6OS. The van der Waals surface area contributed by atoms with E-state index in [2.05, 4.69) is 44.9 Å². The Hall–Kier alpha value is -1.68. The van der Waals surface area contributed by atoms with Crippen LogP contribution in [0.25, 0.3) is 20.7 Å². The zero-order valence-corrected chi connectivity index (χ0v) is 23.8. The molecule has 1 saturated carbocycles. The van der Waals surface area contributed by atoms with Gasteiger partial charge in [0.15, 0.2) is 0 Å². The van der Waals surface area contributed by atoms with Gasteiger partial charge in [0.05, 0.1) is 10.6 Å². The highest BCUT2D eigenvalue weighted by atomic mass is 35.5. The van der Waals surface area contributed by atoms with Crippen molar-refractivity contribution in [1.29, 1.82) is 0 Å². The maximum absolute atomic E-state index is 12.7. The molecule has 36 heavy (non-hydrogen) atoms. The van der Waals surface area contributed by atoms with Crippen LogP contribution in [0.5, 0.6) is 0 Å². The fraction of sp³-hybridized carbons (Fsp3) is 0.480. The van der Waals surface area contributed by atoms with E-state index in [9.17, 15) is 4.79 Å². The Balaban J connectivity index is 0.00000152. The molecule has 1 aliphatic carbocycles. The van der Waals surface area contributed by atoms with Gasteiger partial charge >= 0.3 is 0 Å². The first kappa shape index (κ1) is 30.5. The van der Waals surface area contributed by atoms with E-state index in [-0.39, 0.29) is 43.1 Å². The van der Waals surface area contributed by atoms with Crippen LogP contribution in [-0.4, -0.2) is 65.6 Å².